The van der Waals surface area contributed by atoms with Gasteiger partial charge >= 0.3 is 6.18 Å². The lowest BCUT2D eigenvalue weighted by Crippen LogP contribution is -2.54. The molecule has 1 rings (SSSR count). The number of hydrogen-bond donors (Lipinski definition) is 1. The van der Waals surface area contributed by atoms with Crippen LogP contribution < -0.4 is 5.32 Å². The Labute approximate surface area is 146 Å². The molecule has 0 spiro atoms. The minimum Gasteiger partial charge on any atom is -0.336 e. The van der Waals surface area contributed by atoms with Crippen LogP contribution in [0.2, 0.25) is 0 Å². The first-order valence-electron chi connectivity index (χ1n) is 8.00. The summed E-state index contributed by atoms with van der Waals surface area (Å²) in [6.45, 7) is 7.37. The Morgan fingerprint density at radius 2 is 1.76 bits per heavy atom. The number of alkyl halides is 3. The minimum absolute atomic E-state index is 0.0612. The summed E-state index contributed by atoms with van der Waals surface area (Å²) in [6.07, 6.45) is -4.36. The second-order valence-electron chi connectivity index (χ2n) is 6.74. The van der Waals surface area contributed by atoms with Gasteiger partial charge in [-0.15, -0.1) is 0 Å². The van der Waals surface area contributed by atoms with Crippen molar-refractivity contribution in [2.45, 2.75) is 52.0 Å². The number of nitriles is 1. The summed E-state index contributed by atoms with van der Waals surface area (Å²) in [5.41, 5.74) is -1.01. The molecule has 0 aromatic heterocycles. The average molecular weight is 355 g/mol. The summed E-state index contributed by atoms with van der Waals surface area (Å²) >= 11 is 0. The monoisotopic (exact) mass is 355 g/mol. The maximum absolute atomic E-state index is 12.6. The van der Waals surface area contributed by atoms with Crippen LogP contribution in [0, 0.1) is 17.2 Å². The number of nitrogens with one attached hydrogen (secondary N) is 1. The molecule has 1 N–H and O–H groups in total. The van der Waals surface area contributed by atoms with Crippen LogP contribution in [-0.4, -0.2) is 29.4 Å². The minimum atomic E-state index is -4.36. The van der Waals surface area contributed by atoms with Crippen LogP contribution in [0.15, 0.2) is 24.3 Å². The van der Waals surface area contributed by atoms with Crippen LogP contribution in [0.5, 0.6) is 0 Å². The number of likely N-dealkylation sites (N-methyl/N-ethyl adjacent to an activating group) is 1. The third-order valence-electron chi connectivity index (χ3n) is 4.52. The van der Waals surface area contributed by atoms with Crippen molar-refractivity contribution in [1.82, 2.24) is 10.2 Å². The van der Waals surface area contributed by atoms with E-state index in [9.17, 15) is 23.2 Å². The molecule has 1 aromatic rings. The molecule has 0 radical (unpaired) electrons. The second-order valence-corrected chi connectivity index (χ2v) is 6.74. The van der Waals surface area contributed by atoms with Gasteiger partial charge in [0.05, 0.1) is 17.7 Å². The number of carbonyl (C=O) groups excluding carboxylic acids is 1. The zero-order valence-electron chi connectivity index (χ0n) is 15.1. The summed E-state index contributed by atoms with van der Waals surface area (Å²) in [4.78, 5) is 14.1. The number of carbonyl (C=O) groups is 1. The standard InChI is InChI=1S/C18H24F3N3O/c1-12(2)17(4,11-22)23-16(25)13(3)24(5)10-14-6-8-15(9-7-14)18(19,20)21/h6-9,12-13H,10H2,1-5H3,(H,23,25)/t13-,17-/m1/s1. The fraction of sp³-hybridized carbons (Fsp3) is 0.556. The van der Waals surface area contributed by atoms with Crippen molar-refractivity contribution in [2.75, 3.05) is 7.05 Å². The van der Waals surface area contributed by atoms with Gasteiger partial charge in [-0.05, 0) is 44.5 Å². The fourth-order valence-corrected chi connectivity index (χ4v) is 2.09. The van der Waals surface area contributed by atoms with Gasteiger partial charge in [-0.2, -0.15) is 18.4 Å². The highest BCUT2D eigenvalue weighted by Crippen LogP contribution is 2.29. The van der Waals surface area contributed by atoms with Crippen LogP contribution in [-0.2, 0) is 17.5 Å². The van der Waals surface area contributed by atoms with Crippen molar-refractivity contribution in [2.24, 2.45) is 5.92 Å². The summed E-state index contributed by atoms with van der Waals surface area (Å²) < 4.78 is 37.7. The number of nitrogens with zero attached hydrogens (tertiary/aromatic N) is 2. The van der Waals surface area contributed by atoms with Crippen LogP contribution in [0.3, 0.4) is 0 Å². The van der Waals surface area contributed by atoms with Crippen LogP contribution in [0.25, 0.3) is 0 Å². The number of benzene rings is 1. The maximum atomic E-state index is 12.6. The van der Waals surface area contributed by atoms with Gasteiger partial charge in [-0.1, -0.05) is 26.0 Å². The fourth-order valence-electron chi connectivity index (χ4n) is 2.09. The van der Waals surface area contributed by atoms with Gasteiger partial charge in [0.15, 0.2) is 0 Å². The molecule has 25 heavy (non-hydrogen) atoms. The summed E-state index contributed by atoms with van der Waals surface area (Å²) in [7, 11) is 1.71. The van der Waals surface area contributed by atoms with E-state index in [-0.39, 0.29) is 11.8 Å². The zero-order chi connectivity index (χ0) is 19.4. The molecule has 138 valence electrons. The molecule has 1 amide bonds. The first kappa shape index (κ1) is 21.0. The third kappa shape index (κ3) is 5.46. The maximum Gasteiger partial charge on any atom is 0.416 e. The molecule has 1 aromatic carbocycles. The molecule has 0 aliphatic carbocycles. The molecule has 0 bridgehead atoms. The first-order chi connectivity index (χ1) is 11.4. The molecule has 7 heteroatoms. The van der Waals surface area contributed by atoms with E-state index in [0.717, 1.165) is 12.1 Å². The molecule has 0 aliphatic heterocycles. The quantitative estimate of drug-likeness (QED) is 0.849. The van der Waals surface area contributed by atoms with Gasteiger partial charge in [0.2, 0.25) is 5.91 Å². The summed E-state index contributed by atoms with van der Waals surface area (Å²) in [6, 6.07) is 6.44. The van der Waals surface area contributed by atoms with E-state index in [2.05, 4.69) is 11.4 Å². The van der Waals surface area contributed by atoms with Gasteiger partial charge in [-0.25, -0.2) is 0 Å². The predicted molar refractivity (Wildman–Crippen MR) is 89.4 cm³/mol. The lowest BCUT2D eigenvalue weighted by Gasteiger charge is -2.31. The Morgan fingerprint density at radius 1 is 1.24 bits per heavy atom. The molecule has 0 fully saturated rings. The van der Waals surface area contributed by atoms with E-state index in [1.807, 2.05) is 13.8 Å². The van der Waals surface area contributed by atoms with E-state index in [1.54, 1.807) is 25.8 Å². The summed E-state index contributed by atoms with van der Waals surface area (Å²) in [5, 5.41) is 12.0. The largest absolute Gasteiger partial charge is 0.416 e. The lowest BCUT2D eigenvalue weighted by atomic mass is 9.90. The van der Waals surface area contributed by atoms with Crippen molar-refractivity contribution >= 4 is 5.91 Å². The smallest absolute Gasteiger partial charge is 0.336 e. The molecule has 0 aliphatic rings. The Morgan fingerprint density at radius 3 is 2.16 bits per heavy atom. The normalized spacial score (nSPS) is 15.6. The van der Waals surface area contributed by atoms with Gasteiger partial charge in [0.25, 0.3) is 0 Å². The molecule has 0 saturated carbocycles. The van der Waals surface area contributed by atoms with Gasteiger partial charge < -0.3 is 5.32 Å². The molecular formula is C18H24F3N3O. The van der Waals surface area contributed by atoms with E-state index >= 15 is 0 Å². The molecule has 4 nitrogen and oxygen atoms in total. The van der Waals surface area contributed by atoms with Crippen molar-refractivity contribution in [3.63, 3.8) is 0 Å². The molecule has 2 atom stereocenters. The van der Waals surface area contributed by atoms with Crippen molar-refractivity contribution in [1.29, 1.82) is 5.26 Å². The Hall–Kier alpha value is -2.07. The van der Waals surface area contributed by atoms with Crippen LogP contribution in [0.1, 0.15) is 38.8 Å². The van der Waals surface area contributed by atoms with Gasteiger partial charge in [0.1, 0.15) is 5.54 Å². The highest BCUT2D eigenvalue weighted by molar-refractivity contribution is 5.82. The zero-order valence-corrected chi connectivity index (χ0v) is 15.1. The number of hydrogen-bond acceptors (Lipinski definition) is 3. The van der Waals surface area contributed by atoms with E-state index in [0.29, 0.717) is 12.1 Å². The number of rotatable bonds is 6. The van der Waals surface area contributed by atoms with E-state index in [4.69, 9.17) is 0 Å². The molecule has 0 saturated heterocycles. The SMILES string of the molecule is CC(C)[C@@](C)(C#N)NC(=O)[C@@H](C)N(C)Cc1ccc(C(F)(F)F)cc1. The van der Waals surface area contributed by atoms with Crippen molar-refractivity contribution in [3.05, 3.63) is 35.4 Å². The third-order valence-corrected chi connectivity index (χ3v) is 4.52. The highest BCUT2D eigenvalue weighted by Gasteiger charge is 2.33. The van der Waals surface area contributed by atoms with E-state index < -0.39 is 23.3 Å². The molecular weight excluding hydrogens is 331 g/mol. The Kier molecular flexibility index (Phi) is 6.61. The average Bonchev–Trinajstić information content (AvgIpc) is 2.53. The number of amides is 1. The molecule has 0 heterocycles. The topological polar surface area (TPSA) is 56.1 Å². The molecule has 0 unspecified atom stereocenters. The number of halogens is 3. The summed E-state index contributed by atoms with van der Waals surface area (Å²) in [5.74, 6) is -0.360. The lowest BCUT2D eigenvalue weighted by molar-refractivity contribution is -0.137. The highest BCUT2D eigenvalue weighted by atomic mass is 19.4. The first-order valence-corrected chi connectivity index (χ1v) is 8.00. The van der Waals surface area contributed by atoms with Gasteiger partial charge in [0, 0.05) is 6.54 Å². The van der Waals surface area contributed by atoms with Crippen LogP contribution in [0.4, 0.5) is 13.2 Å². The second kappa shape index (κ2) is 7.87. The Balaban J connectivity index is 2.75. The van der Waals surface area contributed by atoms with Crippen molar-refractivity contribution < 1.29 is 18.0 Å². The van der Waals surface area contributed by atoms with Crippen molar-refractivity contribution in [3.8, 4) is 6.07 Å². The predicted octanol–water partition coefficient (Wildman–Crippen LogP) is 3.58. The van der Waals surface area contributed by atoms with E-state index in [1.165, 1.54) is 12.1 Å². The van der Waals surface area contributed by atoms with Gasteiger partial charge in [-0.3, -0.25) is 9.69 Å². The Bertz CT molecular complexity index is 634. The van der Waals surface area contributed by atoms with Crippen LogP contribution >= 0.6 is 0 Å².